The highest BCUT2D eigenvalue weighted by Crippen LogP contribution is 2.07. The minimum absolute atomic E-state index is 0.148. The normalized spacial score (nSPS) is 10.8. The lowest BCUT2D eigenvalue weighted by Crippen LogP contribution is -2.30. The molecular formula is C13H19NO3. The van der Waals surface area contributed by atoms with Crippen LogP contribution in [0.25, 0.3) is 0 Å². The molecule has 0 atom stereocenters. The first-order valence-corrected chi connectivity index (χ1v) is 5.93. The molecule has 0 fully saturated rings. The van der Waals surface area contributed by atoms with E-state index < -0.39 is 11.5 Å². The lowest BCUT2D eigenvalue weighted by Gasteiger charge is -2.15. The number of carbonyl (C=O) groups is 1. The number of pyridine rings is 1. The minimum Gasteiger partial charge on any atom is -0.477 e. The van der Waals surface area contributed by atoms with E-state index in [0.717, 1.165) is 18.5 Å². The van der Waals surface area contributed by atoms with Crippen LogP contribution in [0.1, 0.15) is 43.2 Å². The largest absolute Gasteiger partial charge is 0.477 e. The third-order valence-electron chi connectivity index (χ3n) is 2.55. The number of aryl methyl sites for hydroxylation is 1. The maximum Gasteiger partial charge on any atom is 0.341 e. The van der Waals surface area contributed by atoms with Gasteiger partial charge in [0.05, 0.1) is 0 Å². The Kier molecular flexibility index (Phi) is 4.49. The predicted molar refractivity (Wildman–Crippen MR) is 66.5 cm³/mol. The number of rotatable bonds is 5. The van der Waals surface area contributed by atoms with Crippen LogP contribution in [-0.4, -0.2) is 15.6 Å². The van der Waals surface area contributed by atoms with Crippen molar-refractivity contribution >= 4 is 5.97 Å². The van der Waals surface area contributed by atoms with Gasteiger partial charge in [0, 0.05) is 12.2 Å². The molecule has 4 heteroatoms. The summed E-state index contributed by atoms with van der Waals surface area (Å²) in [6.07, 6.45) is 1.73. The van der Waals surface area contributed by atoms with E-state index >= 15 is 0 Å². The number of hydrogen-bond donors (Lipinski definition) is 1. The summed E-state index contributed by atoms with van der Waals surface area (Å²) in [5.41, 5.74) is 0.374. The Labute approximate surface area is 101 Å². The number of hydrogen-bond acceptors (Lipinski definition) is 2. The number of aromatic carboxylic acids is 1. The third-order valence-corrected chi connectivity index (χ3v) is 2.55. The van der Waals surface area contributed by atoms with Crippen LogP contribution in [0.4, 0.5) is 0 Å². The second kappa shape index (κ2) is 5.66. The molecule has 0 saturated carbocycles. The van der Waals surface area contributed by atoms with Crippen molar-refractivity contribution in [3.05, 3.63) is 33.7 Å². The van der Waals surface area contributed by atoms with Gasteiger partial charge in [0.1, 0.15) is 5.56 Å². The highest BCUT2D eigenvalue weighted by Gasteiger charge is 2.14. The Bertz CT molecular complexity index is 460. The average molecular weight is 237 g/mol. The maximum atomic E-state index is 12.0. The molecule has 17 heavy (non-hydrogen) atoms. The summed E-state index contributed by atoms with van der Waals surface area (Å²) in [5, 5.41) is 8.93. The molecule has 1 aromatic rings. The molecule has 0 aromatic carbocycles. The predicted octanol–water partition coefficient (Wildman–Crippen LogP) is 2.16. The summed E-state index contributed by atoms with van der Waals surface area (Å²) < 4.78 is 1.59. The molecule has 0 aliphatic carbocycles. The van der Waals surface area contributed by atoms with Gasteiger partial charge in [0.25, 0.3) is 5.56 Å². The van der Waals surface area contributed by atoms with Crippen LogP contribution in [0.5, 0.6) is 0 Å². The standard InChI is InChI=1S/C13H19NO3/c1-4-5-10-6-7-11(13(16)17)12(15)14(10)8-9(2)3/h6-7,9H,4-5,8H2,1-3H3,(H,16,17). The van der Waals surface area contributed by atoms with Crippen LogP contribution < -0.4 is 5.56 Å². The Morgan fingerprint density at radius 3 is 2.53 bits per heavy atom. The fraction of sp³-hybridized carbons (Fsp3) is 0.538. The fourth-order valence-electron chi connectivity index (χ4n) is 1.82. The molecule has 0 bridgehead atoms. The first-order valence-electron chi connectivity index (χ1n) is 5.93. The topological polar surface area (TPSA) is 59.3 Å². The number of aromatic nitrogens is 1. The van der Waals surface area contributed by atoms with Crippen molar-refractivity contribution in [2.45, 2.75) is 40.2 Å². The smallest absolute Gasteiger partial charge is 0.341 e. The van der Waals surface area contributed by atoms with Gasteiger partial charge in [-0.15, -0.1) is 0 Å². The lowest BCUT2D eigenvalue weighted by molar-refractivity contribution is 0.0694. The molecule has 0 saturated heterocycles. The van der Waals surface area contributed by atoms with Gasteiger partial charge >= 0.3 is 5.97 Å². The molecule has 0 aliphatic heterocycles. The lowest BCUT2D eigenvalue weighted by atomic mass is 10.1. The molecule has 1 rings (SSSR count). The van der Waals surface area contributed by atoms with E-state index in [1.165, 1.54) is 6.07 Å². The van der Waals surface area contributed by atoms with Crippen molar-refractivity contribution in [2.24, 2.45) is 5.92 Å². The van der Waals surface area contributed by atoms with E-state index in [-0.39, 0.29) is 5.56 Å². The number of carboxylic acids is 1. The summed E-state index contributed by atoms with van der Waals surface area (Å²) in [6.45, 7) is 6.62. The molecule has 0 aliphatic rings. The second-order valence-corrected chi connectivity index (χ2v) is 4.60. The zero-order chi connectivity index (χ0) is 13.0. The van der Waals surface area contributed by atoms with Gasteiger partial charge in [-0.1, -0.05) is 27.2 Å². The van der Waals surface area contributed by atoms with Crippen LogP contribution >= 0.6 is 0 Å². The SMILES string of the molecule is CCCc1ccc(C(=O)O)c(=O)n1CC(C)C. The highest BCUT2D eigenvalue weighted by molar-refractivity contribution is 5.87. The van der Waals surface area contributed by atoms with E-state index in [0.29, 0.717) is 12.5 Å². The minimum atomic E-state index is -1.16. The molecule has 0 spiro atoms. The Morgan fingerprint density at radius 2 is 2.06 bits per heavy atom. The second-order valence-electron chi connectivity index (χ2n) is 4.60. The quantitative estimate of drug-likeness (QED) is 0.853. The zero-order valence-electron chi connectivity index (χ0n) is 10.6. The number of nitrogens with zero attached hydrogens (tertiary/aromatic N) is 1. The maximum absolute atomic E-state index is 12.0. The fourth-order valence-corrected chi connectivity index (χ4v) is 1.82. The van der Waals surface area contributed by atoms with Gasteiger partial charge in [-0.3, -0.25) is 4.79 Å². The molecule has 0 amide bonds. The van der Waals surface area contributed by atoms with Crippen molar-refractivity contribution in [1.29, 1.82) is 0 Å². The van der Waals surface area contributed by atoms with E-state index in [1.807, 2.05) is 20.8 Å². The molecule has 0 radical (unpaired) electrons. The number of carboxylic acid groups (broad SMARTS) is 1. The van der Waals surface area contributed by atoms with Gasteiger partial charge in [-0.05, 0) is 24.5 Å². The molecule has 1 N–H and O–H groups in total. The zero-order valence-corrected chi connectivity index (χ0v) is 10.6. The van der Waals surface area contributed by atoms with Crippen LogP contribution in [0.3, 0.4) is 0 Å². The van der Waals surface area contributed by atoms with Gasteiger partial charge in [-0.2, -0.15) is 0 Å². The van der Waals surface area contributed by atoms with Crippen molar-refractivity contribution in [3.8, 4) is 0 Å². The van der Waals surface area contributed by atoms with Crippen LogP contribution in [-0.2, 0) is 13.0 Å². The van der Waals surface area contributed by atoms with Crippen molar-refractivity contribution in [2.75, 3.05) is 0 Å². The van der Waals surface area contributed by atoms with Crippen molar-refractivity contribution < 1.29 is 9.90 Å². The highest BCUT2D eigenvalue weighted by atomic mass is 16.4. The monoisotopic (exact) mass is 237 g/mol. The van der Waals surface area contributed by atoms with Gasteiger partial charge in [0.15, 0.2) is 0 Å². The molecule has 1 aromatic heterocycles. The summed E-state index contributed by atoms with van der Waals surface area (Å²) in [7, 11) is 0. The molecular weight excluding hydrogens is 218 g/mol. The summed E-state index contributed by atoms with van der Waals surface area (Å²) in [6, 6.07) is 3.16. The molecule has 0 unspecified atom stereocenters. The van der Waals surface area contributed by atoms with Crippen LogP contribution in [0.15, 0.2) is 16.9 Å². The Hall–Kier alpha value is -1.58. The molecule has 4 nitrogen and oxygen atoms in total. The van der Waals surface area contributed by atoms with E-state index in [4.69, 9.17) is 5.11 Å². The van der Waals surface area contributed by atoms with E-state index in [1.54, 1.807) is 10.6 Å². The Morgan fingerprint density at radius 1 is 1.41 bits per heavy atom. The summed E-state index contributed by atoms with van der Waals surface area (Å²) >= 11 is 0. The third kappa shape index (κ3) is 3.19. The van der Waals surface area contributed by atoms with Crippen molar-refractivity contribution in [3.63, 3.8) is 0 Å². The van der Waals surface area contributed by atoms with E-state index in [2.05, 4.69) is 0 Å². The van der Waals surface area contributed by atoms with Gasteiger partial charge in [-0.25, -0.2) is 4.79 Å². The summed E-state index contributed by atoms with van der Waals surface area (Å²) in [4.78, 5) is 22.9. The average Bonchev–Trinajstić information content (AvgIpc) is 2.22. The first kappa shape index (κ1) is 13.5. The summed E-state index contributed by atoms with van der Waals surface area (Å²) in [5.74, 6) is -0.845. The van der Waals surface area contributed by atoms with Crippen LogP contribution in [0.2, 0.25) is 0 Å². The van der Waals surface area contributed by atoms with Gasteiger partial charge < -0.3 is 9.67 Å². The molecule has 94 valence electrons. The Balaban J connectivity index is 3.31. The molecule has 1 heterocycles. The van der Waals surface area contributed by atoms with E-state index in [9.17, 15) is 9.59 Å². The van der Waals surface area contributed by atoms with Crippen molar-refractivity contribution in [1.82, 2.24) is 4.57 Å². The van der Waals surface area contributed by atoms with Gasteiger partial charge in [0.2, 0.25) is 0 Å². The van der Waals surface area contributed by atoms with Crippen LogP contribution in [0, 0.1) is 5.92 Å². The first-order chi connectivity index (χ1) is 7.97.